The molecule has 3 aromatic carbocycles. The van der Waals surface area contributed by atoms with Crippen molar-refractivity contribution in [3.05, 3.63) is 102 Å². The van der Waals surface area contributed by atoms with E-state index in [9.17, 15) is 4.79 Å². The monoisotopic (exact) mass is 506 g/mol. The SMILES string of the molecule is Cc1nnn(-c2ccc(-c3ccc(C4(c5nn[nH]n5)CC4)cc3)cc2)c1NC(=O)O[C@@H](C)c1ccccc1. The van der Waals surface area contributed by atoms with Crippen molar-refractivity contribution in [2.45, 2.75) is 38.2 Å². The third-order valence-electron chi connectivity index (χ3n) is 7.02. The van der Waals surface area contributed by atoms with Crippen LogP contribution in [-0.2, 0) is 10.2 Å². The summed E-state index contributed by atoms with van der Waals surface area (Å²) in [6.07, 6.45) is 1.08. The van der Waals surface area contributed by atoms with Gasteiger partial charge in [0.15, 0.2) is 11.6 Å². The number of rotatable bonds is 7. The molecule has 0 bridgehead atoms. The van der Waals surface area contributed by atoms with Gasteiger partial charge in [0.05, 0.1) is 11.1 Å². The smallest absolute Gasteiger partial charge is 0.413 e. The number of benzene rings is 3. The quantitative estimate of drug-likeness (QED) is 0.313. The molecule has 2 aromatic heterocycles. The van der Waals surface area contributed by atoms with Crippen LogP contribution < -0.4 is 5.32 Å². The van der Waals surface area contributed by atoms with Crippen molar-refractivity contribution in [1.82, 2.24) is 35.6 Å². The Kier molecular flexibility index (Phi) is 5.91. The number of carbonyl (C=O) groups is 1. The molecular weight excluding hydrogens is 480 g/mol. The Morgan fingerprint density at radius 3 is 2.29 bits per heavy atom. The number of anilines is 1. The molecule has 1 amide bonds. The van der Waals surface area contributed by atoms with E-state index in [1.807, 2.05) is 61.5 Å². The summed E-state index contributed by atoms with van der Waals surface area (Å²) >= 11 is 0. The van der Waals surface area contributed by atoms with Crippen LogP contribution in [-0.4, -0.2) is 41.7 Å². The van der Waals surface area contributed by atoms with Gasteiger partial charge < -0.3 is 4.74 Å². The molecule has 0 spiro atoms. The van der Waals surface area contributed by atoms with Crippen LogP contribution >= 0.6 is 0 Å². The van der Waals surface area contributed by atoms with E-state index < -0.39 is 12.2 Å². The molecule has 1 atom stereocenters. The van der Waals surface area contributed by atoms with Gasteiger partial charge in [0.1, 0.15) is 11.8 Å². The number of aromatic amines is 1. The molecule has 5 aromatic rings. The predicted octanol–water partition coefficient (Wildman–Crippen LogP) is 5.15. The van der Waals surface area contributed by atoms with Crippen LogP contribution in [0.1, 0.15) is 48.5 Å². The molecule has 38 heavy (non-hydrogen) atoms. The van der Waals surface area contributed by atoms with Crippen LogP contribution in [0.3, 0.4) is 0 Å². The van der Waals surface area contributed by atoms with Gasteiger partial charge in [-0.1, -0.05) is 77.2 Å². The van der Waals surface area contributed by atoms with E-state index in [1.165, 1.54) is 5.56 Å². The maximum atomic E-state index is 12.6. The van der Waals surface area contributed by atoms with Crippen LogP contribution in [0, 0.1) is 6.92 Å². The molecular formula is C28H26N8O2. The van der Waals surface area contributed by atoms with Gasteiger partial charge in [-0.3, -0.25) is 5.32 Å². The average molecular weight is 507 g/mol. The molecule has 1 aliphatic carbocycles. The average Bonchev–Trinajstić information content (AvgIpc) is 3.40. The van der Waals surface area contributed by atoms with E-state index in [0.29, 0.717) is 11.5 Å². The normalized spacial score (nSPS) is 14.6. The van der Waals surface area contributed by atoms with E-state index in [1.54, 1.807) is 11.6 Å². The van der Waals surface area contributed by atoms with Crippen molar-refractivity contribution in [2.75, 3.05) is 5.32 Å². The minimum atomic E-state index is -0.570. The molecule has 1 fully saturated rings. The van der Waals surface area contributed by atoms with Crippen LogP contribution in [0.25, 0.3) is 16.8 Å². The van der Waals surface area contributed by atoms with Gasteiger partial charge in [-0.15, -0.1) is 15.3 Å². The molecule has 0 unspecified atom stereocenters. The minimum absolute atomic E-state index is 0.121. The molecule has 2 N–H and O–H groups in total. The van der Waals surface area contributed by atoms with Crippen LogP contribution in [0.5, 0.6) is 0 Å². The first-order valence-corrected chi connectivity index (χ1v) is 12.4. The third kappa shape index (κ3) is 4.40. The number of amides is 1. The van der Waals surface area contributed by atoms with Crippen molar-refractivity contribution in [2.24, 2.45) is 0 Å². The zero-order valence-corrected chi connectivity index (χ0v) is 21.0. The van der Waals surface area contributed by atoms with Gasteiger partial charge >= 0.3 is 6.09 Å². The number of tetrazole rings is 1. The summed E-state index contributed by atoms with van der Waals surface area (Å²) < 4.78 is 7.16. The lowest BCUT2D eigenvalue weighted by atomic mass is 9.93. The second-order valence-electron chi connectivity index (χ2n) is 9.46. The maximum absolute atomic E-state index is 12.6. The fourth-order valence-electron chi connectivity index (χ4n) is 4.67. The number of nitrogens with one attached hydrogen (secondary N) is 2. The molecule has 0 aliphatic heterocycles. The molecule has 0 radical (unpaired) electrons. The molecule has 190 valence electrons. The lowest BCUT2D eigenvalue weighted by Gasteiger charge is -2.15. The largest absolute Gasteiger partial charge is 0.441 e. The first-order valence-electron chi connectivity index (χ1n) is 12.4. The van der Waals surface area contributed by atoms with E-state index in [4.69, 9.17) is 4.74 Å². The minimum Gasteiger partial charge on any atom is -0.441 e. The molecule has 10 nitrogen and oxygen atoms in total. The molecule has 6 rings (SSSR count). The van der Waals surface area contributed by atoms with Gasteiger partial charge in [0.25, 0.3) is 0 Å². The van der Waals surface area contributed by atoms with Gasteiger partial charge in [-0.2, -0.15) is 9.90 Å². The van der Waals surface area contributed by atoms with E-state index in [-0.39, 0.29) is 5.41 Å². The zero-order chi connectivity index (χ0) is 26.1. The molecule has 0 saturated heterocycles. The van der Waals surface area contributed by atoms with E-state index in [0.717, 1.165) is 41.0 Å². The second kappa shape index (κ2) is 9.55. The lowest BCUT2D eigenvalue weighted by molar-refractivity contribution is 0.121. The van der Waals surface area contributed by atoms with Crippen LogP contribution in [0.2, 0.25) is 0 Å². The number of ether oxygens (including phenoxy) is 1. The summed E-state index contributed by atoms with van der Waals surface area (Å²) in [5.74, 6) is 1.21. The van der Waals surface area contributed by atoms with Crippen LogP contribution in [0.15, 0.2) is 78.9 Å². The Bertz CT molecular complexity index is 1540. The Morgan fingerprint density at radius 2 is 1.66 bits per heavy atom. The number of carbonyl (C=O) groups excluding carboxylic acids is 1. The van der Waals surface area contributed by atoms with Crippen molar-refractivity contribution >= 4 is 11.9 Å². The molecule has 1 saturated carbocycles. The third-order valence-corrected chi connectivity index (χ3v) is 7.02. The number of hydrogen-bond donors (Lipinski definition) is 2. The number of aromatic nitrogens is 7. The predicted molar refractivity (Wildman–Crippen MR) is 141 cm³/mol. The summed E-state index contributed by atoms with van der Waals surface area (Å²) in [6.45, 7) is 3.62. The van der Waals surface area contributed by atoms with Crippen molar-refractivity contribution in [1.29, 1.82) is 0 Å². The standard InChI is InChI=1S/C28H26N8O2/c1-18-25(29-27(37)38-19(2)20-6-4-3-5-7-20)36(35-30-18)24-14-10-22(11-15-24)21-8-12-23(13-9-21)28(16-17-28)26-31-33-34-32-26/h3-15,19H,16-17H2,1-2H3,(H,29,37)(H,31,32,33,34)/t19-/m0/s1. The van der Waals surface area contributed by atoms with Crippen molar-refractivity contribution < 1.29 is 9.53 Å². The number of aryl methyl sites for hydroxylation is 1. The van der Waals surface area contributed by atoms with E-state index >= 15 is 0 Å². The highest BCUT2D eigenvalue weighted by Crippen LogP contribution is 2.52. The highest BCUT2D eigenvalue weighted by atomic mass is 16.6. The second-order valence-corrected chi connectivity index (χ2v) is 9.46. The highest BCUT2D eigenvalue weighted by Gasteiger charge is 2.49. The van der Waals surface area contributed by atoms with Gasteiger partial charge in [-0.05, 0) is 61.1 Å². The Morgan fingerprint density at radius 1 is 0.974 bits per heavy atom. The molecule has 2 heterocycles. The first-order chi connectivity index (χ1) is 18.5. The highest BCUT2D eigenvalue weighted by molar-refractivity contribution is 5.84. The van der Waals surface area contributed by atoms with Crippen molar-refractivity contribution in [3.63, 3.8) is 0 Å². The first kappa shape index (κ1) is 23.5. The summed E-state index contributed by atoms with van der Waals surface area (Å²) in [5.41, 5.74) is 5.50. The summed E-state index contributed by atoms with van der Waals surface area (Å²) in [7, 11) is 0. The van der Waals surface area contributed by atoms with Gasteiger partial charge in [0, 0.05) is 0 Å². The number of nitrogens with zero attached hydrogens (tertiary/aromatic N) is 6. The fourth-order valence-corrected chi connectivity index (χ4v) is 4.67. The van der Waals surface area contributed by atoms with Gasteiger partial charge in [-0.25, -0.2) is 4.79 Å². The fraction of sp³-hybridized carbons (Fsp3) is 0.214. The summed E-state index contributed by atoms with van der Waals surface area (Å²) in [6, 6.07) is 26.0. The summed E-state index contributed by atoms with van der Waals surface area (Å²) in [4.78, 5) is 12.6. The summed E-state index contributed by atoms with van der Waals surface area (Å²) in [5, 5.41) is 25.9. The van der Waals surface area contributed by atoms with Gasteiger partial charge in [0.2, 0.25) is 0 Å². The lowest BCUT2D eigenvalue weighted by Crippen LogP contribution is -2.18. The topological polar surface area (TPSA) is 124 Å². The maximum Gasteiger partial charge on any atom is 0.413 e. The van der Waals surface area contributed by atoms with E-state index in [2.05, 4.69) is 60.5 Å². The number of hydrogen-bond acceptors (Lipinski definition) is 7. The Labute approximate surface area is 219 Å². The molecule has 1 aliphatic rings. The molecule has 10 heteroatoms. The van der Waals surface area contributed by atoms with Crippen molar-refractivity contribution in [3.8, 4) is 16.8 Å². The zero-order valence-electron chi connectivity index (χ0n) is 21.0. The van der Waals surface area contributed by atoms with Crippen LogP contribution in [0.4, 0.5) is 10.6 Å². The number of H-pyrrole nitrogens is 1. The Balaban J connectivity index is 1.17. The Hall–Kier alpha value is -4.86.